The Morgan fingerprint density at radius 2 is 1.73 bits per heavy atom. The number of carbonyl (C=O) groups is 1. The number of nitrogens with one attached hydrogen (secondary N) is 2. The minimum absolute atomic E-state index is 0.0333. The standard InChI is InChI=1S/C23H18ClFN4O3S/c1-15-20(14-26-29(15)22-8-3-2-7-21(22)25)23(30)27-18-5-4-6-19(13-18)33(31,32)28-17-11-9-16(24)10-12-17/h2-14,28H,1H3,(H,27,30). The predicted octanol–water partition coefficient (Wildman–Crippen LogP) is 5.03. The van der Waals surface area contributed by atoms with E-state index in [1.165, 1.54) is 35.1 Å². The van der Waals surface area contributed by atoms with Crippen LogP contribution in [0.2, 0.25) is 5.02 Å². The number of anilines is 2. The second-order valence-corrected chi connectivity index (χ2v) is 9.22. The van der Waals surface area contributed by atoms with Crippen molar-refractivity contribution in [2.24, 2.45) is 0 Å². The first-order valence-electron chi connectivity index (χ1n) is 9.74. The molecule has 1 amide bonds. The summed E-state index contributed by atoms with van der Waals surface area (Å²) >= 11 is 5.83. The maximum atomic E-state index is 14.1. The van der Waals surface area contributed by atoms with Gasteiger partial charge in [0.05, 0.1) is 22.3 Å². The molecular formula is C23H18ClFN4O3S. The Balaban J connectivity index is 1.55. The van der Waals surface area contributed by atoms with Crippen molar-refractivity contribution in [3.8, 4) is 5.69 Å². The molecule has 4 rings (SSSR count). The Kier molecular flexibility index (Phi) is 6.17. The average Bonchev–Trinajstić information content (AvgIpc) is 3.17. The zero-order valence-corrected chi connectivity index (χ0v) is 18.9. The summed E-state index contributed by atoms with van der Waals surface area (Å²) in [6.45, 7) is 1.64. The Morgan fingerprint density at radius 3 is 2.45 bits per heavy atom. The van der Waals surface area contributed by atoms with E-state index in [9.17, 15) is 17.6 Å². The molecule has 0 aliphatic heterocycles. The van der Waals surface area contributed by atoms with Crippen LogP contribution in [0.5, 0.6) is 0 Å². The van der Waals surface area contributed by atoms with E-state index in [0.29, 0.717) is 16.4 Å². The van der Waals surface area contributed by atoms with E-state index >= 15 is 0 Å². The minimum Gasteiger partial charge on any atom is -0.322 e. The topological polar surface area (TPSA) is 93.1 Å². The fraction of sp³-hybridized carbons (Fsp3) is 0.0435. The molecule has 0 atom stereocenters. The molecule has 2 N–H and O–H groups in total. The minimum atomic E-state index is -3.90. The van der Waals surface area contributed by atoms with Crippen LogP contribution in [-0.4, -0.2) is 24.1 Å². The van der Waals surface area contributed by atoms with E-state index in [1.54, 1.807) is 55.5 Å². The number of halogens is 2. The van der Waals surface area contributed by atoms with Crippen LogP contribution in [0.25, 0.3) is 5.69 Å². The molecule has 0 spiro atoms. The fourth-order valence-corrected chi connectivity index (χ4v) is 4.40. The number of nitrogens with zero attached hydrogens (tertiary/aromatic N) is 2. The van der Waals surface area contributed by atoms with Gasteiger partial charge in [0.15, 0.2) is 0 Å². The number of hydrogen-bond donors (Lipinski definition) is 2. The molecule has 1 heterocycles. The van der Waals surface area contributed by atoms with Crippen molar-refractivity contribution in [3.05, 3.63) is 101 Å². The number of rotatable bonds is 6. The number of benzene rings is 3. The van der Waals surface area contributed by atoms with E-state index < -0.39 is 21.7 Å². The van der Waals surface area contributed by atoms with Crippen molar-refractivity contribution < 1.29 is 17.6 Å². The summed E-state index contributed by atoms with van der Waals surface area (Å²) in [5.41, 5.74) is 1.51. The third-order valence-electron chi connectivity index (χ3n) is 4.83. The zero-order chi connectivity index (χ0) is 23.6. The second-order valence-electron chi connectivity index (χ2n) is 7.10. The molecule has 168 valence electrons. The smallest absolute Gasteiger partial charge is 0.261 e. The third kappa shape index (κ3) is 4.89. The summed E-state index contributed by atoms with van der Waals surface area (Å²) in [5, 5.41) is 7.27. The Bertz CT molecular complexity index is 1440. The molecule has 0 saturated carbocycles. The predicted molar refractivity (Wildman–Crippen MR) is 125 cm³/mol. The van der Waals surface area contributed by atoms with Crippen molar-refractivity contribution in [3.63, 3.8) is 0 Å². The monoisotopic (exact) mass is 484 g/mol. The third-order valence-corrected chi connectivity index (χ3v) is 6.46. The lowest BCUT2D eigenvalue weighted by Gasteiger charge is -2.11. The summed E-state index contributed by atoms with van der Waals surface area (Å²) in [6, 6.07) is 18.2. The number of amides is 1. The highest BCUT2D eigenvalue weighted by Crippen LogP contribution is 2.22. The summed E-state index contributed by atoms with van der Waals surface area (Å²) in [7, 11) is -3.90. The molecule has 0 aliphatic rings. The van der Waals surface area contributed by atoms with Crippen molar-refractivity contribution in [1.29, 1.82) is 0 Å². The van der Waals surface area contributed by atoms with Crippen LogP contribution < -0.4 is 10.0 Å². The Morgan fingerprint density at radius 1 is 1.00 bits per heavy atom. The largest absolute Gasteiger partial charge is 0.322 e. The highest BCUT2D eigenvalue weighted by Gasteiger charge is 2.19. The summed E-state index contributed by atoms with van der Waals surface area (Å²) in [6.07, 6.45) is 1.33. The normalized spacial score (nSPS) is 11.2. The van der Waals surface area contributed by atoms with Gasteiger partial charge in [0, 0.05) is 16.4 Å². The Hall–Kier alpha value is -3.69. The lowest BCUT2D eigenvalue weighted by molar-refractivity contribution is 0.102. The number of aromatic nitrogens is 2. The van der Waals surface area contributed by atoms with Gasteiger partial charge in [-0.3, -0.25) is 9.52 Å². The molecule has 10 heteroatoms. The summed E-state index contributed by atoms with van der Waals surface area (Å²) in [4.78, 5) is 12.8. The number of carbonyl (C=O) groups excluding carboxylic acids is 1. The second kappa shape index (κ2) is 9.05. The SMILES string of the molecule is Cc1c(C(=O)Nc2cccc(S(=O)(=O)Nc3ccc(Cl)cc3)c2)cnn1-c1ccccc1F. The average molecular weight is 485 g/mol. The maximum Gasteiger partial charge on any atom is 0.261 e. The molecule has 0 unspecified atom stereocenters. The van der Waals surface area contributed by atoms with Gasteiger partial charge >= 0.3 is 0 Å². The van der Waals surface area contributed by atoms with Crippen LogP contribution in [0.1, 0.15) is 16.1 Å². The molecule has 0 bridgehead atoms. The molecule has 3 aromatic carbocycles. The van der Waals surface area contributed by atoms with Gasteiger partial charge in [0.25, 0.3) is 15.9 Å². The van der Waals surface area contributed by atoms with Crippen molar-refractivity contribution in [1.82, 2.24) is 9.78 Å². The van der Waals surface area contributed by atoms with Crippen LogP contribution in [0.15, 0.2) is 83.9 Å². The van der Waals surface area contributed by atoms with Gasteiger partial charge < -0.3 is 5.32 Å². The van der Waals surface area contributed by atoms with Crippen LogP contribution in [-0.2, 0) is 10.0 Å². The fourth-order valence-electron chi connectivity index (χ4n) is 3.17. The van der Waals surface area contributed by atoms with E-state index in [4.69, 9.17) is 11.6 Å². The number of para-hydroxylation sites is 1. The van der Waals surface area contributed by atoms with Crippen LogP contribution in [0.3, 0.4) is 0 Å². The lowest BCUT2D eigenvalue weighted by atomic mass is 10.2. The molecule has 0 saturated heterocycles. The quantitative estimate of drug-likeness (QED) is 0.401. The molecule has 7 nitrogen and oxygen atoms in total. The lowest BCUT2D eigenvalue weighted by Crippen LogP contribution is -2.15. The molecule has 1 aromatic heterocycles. The molecule has 4 aromatic rings. The highest BCUT2D eigenvalue weighted by molar-refractivity contribution is 7.92. The molecule has 0 radical (unpaired) electrons. The van der Waals surface area contributed by atoms with Gasteiger partial charge in [-0.2, -0.15) is 5.10 Å². The summed E-state index contributed by atoms with van der Waals surface area (Å²) in [5.74, 6) is -0.975. The van der Waals surface area contributed by atoms with Crippen molar-refractivity contribution in [2.75, 3.05) is 10.0 Å². The van der Waals surface area contributed by atoms with Crippen molar-refractivity contribution >= 4 is 38.9 Å². The van der Waals surface area contributed by atoms with Gasteiger partial charge in [-0.1, -0.05) is 29.8 Å². The van der Waals surface area contributed by atoms with Crippen molar-refractivity contribution in [2.45, 2.75) is 11.8 Å². The number of hydrogen-bond acceptors (Lipinski definition) is 4. The molecule has 33 heavy (non-hydrogen) atoms. The van der Waals surface area contributed by atoms with Gasteiger partial charge in [-0.25, -0.2) is 17.5 Å². The maximum absolute atomic E-state index is 14.1. The van der Waals surface area contributed by atoms with E-state index in [2.05, 4.69) is 15.1 Å². The molecule has 0 fully saturated rings. The van der Waals surface area contributed by atoms with E-state index in [1.807, 2.05) is 0 Å². The van der Waals surface area contributed by atoms with E-state index in [-0.39, 0.29) is 21.8 Å². The van der Waals surface area contributed by atoms with Gasteiger partial charge in [0.1, 0.15) is 11.5 Å². The first-order chi connectivity index (χ1) is 15.7. The molecule has 0 aliphatic carbocycles. The first kappa shape index (κ1) is 22.5. The van der Waals surface area contributed by atoms with Crippen LogP contribution in [0.4, 0.5) is 15.8 Å². The zero-order valence-electron chi connectivity index (χ0n) is 17.3. The van der Waals surface area contributed by atoms with Gasteiger partial charge in [-0.05, 0) is 61.5 Å². The van der Waals surface area contributed by atoms with Gasteiger partial charge in [0.2, 0.25) is 0 Å². The first-order valence-corrected chi connectivity index (χ1v) is 11.6. The van der Waals surface area contributed by atoms with Gasteiger partial charge in [-0.15, -0.1) is 0 Å². The van der Waals surface area contributed by atoms with Crippen LogP contribution >= 0.6 is 11.6 Å². The van der Waals surface area contributed by atoms with E-state index in [0.717, 1.165) is 0 Å². The van der Waals surface area contributed by atoms with Crippen LogP contribution in [0, 0.1) is 12.7 Å². The number of sulfonamides is 1. The Labute approximate surface area is 194 Å². The highest BCUT2D eigenvalue weighted by atomic mass is 35.5. The summed E-state index contributed by atoms with van der Waals surface area (Å²) < 4.78 is 43.4. The molecular weight excluding hydrogens is 467 g/mol.